The number of amides is 1. The van der Waals surface area contributed by atoms with Gasteiger partial charge < -0.3 is 9.72 Å². The van der Waals surface area contributed by atoms with Crippen LogP contribution in [0.2, 0.25) is 0 Å². The molecule has 5 rings (SSSR count). The molecule has 1 fully saturated rings. The number of hydrogen-bond acceptors (Lipinski definition) is 4. The Hall–Kier alpha value is -3.19. The maximum absolute atomic E-state index is 12.7. The standard InChI is InChI=1S/C22H24N6O/c1-14-4-7-20(26(14)2)18-13-28-12-17(6-9-21(28)25-18)24-22(29)15-5-8-19-16(10-15)11-23-27(19)3/h5-6,8-14,20H,4,7H2,1-3H3,(H,24,29). The van der Waals surface area contributed by atoms with Crippen LogP contribution >= 0.6 is 0 Å². The number of pyridine rings is 1. The summed E-state index contributed by atoms with van der Waals surface area (Å²) in [4.78, 5) is 19.9. The Morgan fingerprint density at radius 2 is 2.00 bits per heavy atom. The van der Waals surface area contributed by atoms with Crippen LogP contribution in [-0.2, 0) is 7.05 Å². The predicted octanol–water partition coefficient (Wildman–Crippen LogP) is 3.63. The summed E-state index contributed by atoms with van der Waals surface area (Å²) in [6, 6.07) is 10.4. The van der Waals surface area contributed by atoms with Crippen LogP contribution in [0, 0.1) is 0 Å². The van der Waals surface area contributed by atoms with Gasteiger partial charge in [-0.1, -0.05) is 0 Å². The molecule has 1 aliphatic heterocycles. The van der Waals surface area contributed by atoms with E-state index in [1.165, 1.54) is 6.42 Å². The lowest BCUT2D eigenvalue weighted by Gasteiger charge is -2.21. The highest BCUT2D eigenvalue weighted by Crippen LogP contribution is 2.34. The molecule has 0 radical (unpaired) electrons. The number of imidazole rings is 1. The van der Waals surface area contributed by atoms with Gasteiger partial charge in [0.15, 0.2) is 0 Å². The van der Waals surface area contributed by atoms with Crippen molar-refractivity contribution in [2.45, 2.75) is 31.8 Å². The lowest BCUT2D eigenvalue weighted by Crippen LogP contribution is -2.24. The zero-order chi connectivity index (χ0) is 20.1. The van der Waals surface area contributed by atoms with Crippen molar-refractivity contribution in [3.63, 3.8) is 0 Å². The number of likely N-dealkylation sites (tertiary alicyclic amines) is 1. The molecular weight excluding hydrogens is 364 g/mol. The molecule has 0 aliphatic carbocycles. The molecule has 3 aromatic heterocycles. The number of benzene rings is 1. The van der Waals surface area contributed by atoms with Crippen molar-refractivity contribution in [1.29, 1.82) is 0 Å². The zero-order valence-corrected chi connectivity index (χ0v) is 16.8. The second-order valence-electron chi connectivity index (χ2n) is 7.95. The van der Waals surface area contributed by atoms with Gasteiger partial charge in [-0.15, -0.1) is 0 Å². The zero-order valence-electron chi connectivity index (χ0n) is 16.8. The number of nitrogens with one attached hydrogen (secondary N) is 1. The van der Waals surface area contributed by atoms with Crippen molar-refractivity contribution >= 4 is 28.1 Å². The second kappa shape index (κ2) is 6.70. The molecule has 1 amide bonds. The highest BCUT2D eigenvalue weighted by molar-refractivity contribution is 6.06. The van der Waals surface area contributed by atoms with E-state index in [-0.39, 0.29) is 5.91 Å². The number of carbonyl (C=O) groups is 1. The maximum atomic E-state index is 12.7. The minimum Gasteiger partial charge on any atom is -0.321 e. The van der Waals surface area contributed by atoms with E-state index in [9.17, 15) is 4.79 Å². The van der Waals surface area contributed by atoms with Crippen LogP contribution < -0.4 is 5.32 Å². The van der Waals surface area contributed by atoms with Gasteiger partial charge in [0.05, 0.1) is 29.1 Å². The van der Waals surface area contributed by atoms with E-state index >= 15 is 0 Å². The van der Waals surface area contributed by atoms with Crippen molar-refractivity contribution in [2.24, 2.45) is 7.05 Å². The number of hydrogen-bond donors (Lipinski definition) is 1. The Morgan fingerprint density at radius 1 is 1.14 bits per heavy atom. The average molecular weight is 388 g/mol. The van der Waals surface area contributed by atoms with Crippen molar-refractivity contribution in [2.75, 3.05) is 12.4 Å². The highest BCUT2D eigenvalue weighted by atomic mass is 16.1. The van der Waals surface area contributed by atoms with Crippen molar-refractivity contribution in [3.05, 3.63) is 60.2 Å². The molecule has 1 aromatic carbocycles. The summed E-state index contributed by atoms with van der Waals surface area (Å²) in [5.41, 5.74) is 4.33. The van der Waals surface area contributed by atoms with Crippen LogP contribution in [0.3, 0.4) is 0 Å². The first kappa shape index (κ1) is 17.9. The number of carbonyl (C=O) groups excluding carboxylic acids is 1. The quantitative estimate of drug-likeness (QED) is 0.582. The molecule has 4 aromatic rings. The topological polar surface area (TPSA) is 67.5 Å². The van der Waals surface area contributed by atoms with Gasteiger partial charge in [-0.05, 0) is 57.1 Å². The molecule has 0 spiro atoms. The molecule has 7 heteroatoms. The Morgan fingerprint density at radius 3 is 2.79 bits per heavy atom. The fourth-order valence-electron chi connectivity index (χ4n) is 4.22. The molecule has 0 bridgehead atoms. The molecule has 7 nitrogen and oxygen atoms in total. The molecule has 148 valence electrons. The molecule has 29 heavy (non-hydrogen) atoms. The van der Waals surface area contributed by atoms with Crippen molar-refractivity contribution in [1.82, 2.24) is 24.1 Å². The monoisotopic (exact) mass is 388 g/mol. The predicted molar refractivity (Wildman–Crippen MR) is 113 cm³/mol. The van der Waals surface area contributed by atoms with E-state index in [0.29, 0.717) is 17.6 Å². The summed E-state index contributed by atoms with van der Waals surface area (Å²) in [5.74, 6) is -0.139. The van der Waals surface area contributed by atoms with Crippen molar-refractivity contribution in [3.8, 4) is 0 Å². The third kappa shape index (κ3) is 3.07. The molecule has 2 unspecified atom stereocenters. The largest absolute Gasteiger partial charge is 0.321 e. The molecular formula is C22H24N6O. The summed E-state index contributed by atoms with van der Waals surface area (Å²) >= 11 is 0. The Kier molecular flexibility index (Phi) is 4.13. The Balaban J connectivity index is 1.39. The number of aromatic nitrogens is 4. The van der Waals surface area contributed by atoms with Crippen LogP contribution in [0.5, 0.6) is 0 Å². The molecule has 4 heterocycles. The number of fused-ring (bicyclic) bond motifs is 2. The first-order valence-electron chi connectivity index (χ1n) is 9.93. The van der Waals surface area contributed by atoms with Gasteiger partial charge in [0.25, 0.3) is 5.91 Å². The van der Waals surface area contributed by atoms with Gasteiger partial charge in [0.2, 0.25) is 0 Å². The summed E-state index contributed by atoms with van der Waals surface area (Å²) in [6.45, 7) is 2.26. The molecule has 1 saturated heterocycles. The average Bonchev–Trinajstić information content (AvgIpc) is 3.39. The summed E-state index contributed by atoms with van der Waals surface area (Å²) in [7, 11) is 4.05. The normalized spacial score (nSPS) is 20.0. The maximum Gasteiger partial charge on any atom is 0.255 e. The highest BCUT2D eigenvalue weighted by Gasteiger charge is 2.30. The fourth-order valence-corrected chi connectivity index (χ4v) is 4.22. The van der Waals surface area contributed by atoms with Gasteiger partial charge in [-0.2, -0.15) is 5.10 Å². The third-order valence-electron chi connectivity index (χ3n) is 6.12. The summed E-state index contributed by atoms with van der Waals surface area (Å²) < 4.78 is 3.79. The lowest BCUT2D eigenvalue weighted by atomic mass is 10.1. The van der Waals surface area contributed by atoms with E-state index in [1.54, 1.807) is 10.9 Å². The third-order valence-corrected chi connectivity index (χ3v) is 6.12. The number of anilines is 1. The minimum atomic E-state index is -0.139. The van der Waals surface area contributed by atoms with E-state index in [0.717, 1.165) is 34.4 Å². The molecule has 1 N–H and O–H groups in total. The van der Waals surface area contributed by atoms with E-state index in [2.05, 4.69) is 35.5 Å². The SMILES string of the molecule is CC1CCC(c2cn3cc(NC(=O)c4ccc5c(cnn5C)c4)ccc3n2)N1C. The Labute approximate surface area is 169 Å². The van der Waals surface area contributed by atoms with Crippen molar-refractivity contribution < 1.29 is 4.79 Å². The molecule has 0 saturated carbocycles. The fraction of sp³-hybridized carbons (Fsp3) is 0.318. The molecule has 2 atom stereocenters. The van der Waals surface area contributed by atoms with Gasteiger partial charge in [0, 0.05) is 36.4 Å². The first-order chi connectivity index (χ1) is 14.0. The summed E-state index contributed by atoms with van der Waals surface area (Å²) in [5, 5.41) is 8.17. The van der Waals surface area contributed by atoms with Crippen LogP contribution in [0.25, 0.3) is 16.6 Å². The smallest absolute Gasteiger partial charge is 0.255 e. The van der Waals surface area contributed by atoms with Gasteiger partial charge in [-0.3, -0.25) is 14.4 Å². The van der Waals surface area contributed by atoms with E-state index < -0.39 is 0 Å². The minimum absolute atomic E-state index is 0.139. The Bertz CT molecular complexity index is 1220. The van der Waals surface area contributed by atoms with E-state index in [4.69, 9.17) is 4.98 Å². The van der Waals surface area contributed by atoms with Crippen LogP contribution in [-0.4, -0.2) is 43.1 Å². The lowest BCUT2D eigenvalue weighted by molar-refractivity contribution is 0.102. The number of rotatable bonds is 3. The second-order valence-corrected chi connectivity index (χ2v) is 7.95. The summed E-state index contributed by atoms with van der Waals surface area (Å²) in [6.07, 6.45) is 8.09. The van der Waals surface area contributed by atoms with Crippen LogP contribution in [0.15, 0.2) is 48.9 Å². The van der Waals surface area contributed by atoms with Gasteiger partial charge in [0.1, 0.15) is 5.65 Å². The van der Waals surface area contributed by atoms with Gasteiger partial charge in [-0.25, -0.2) is 4.98 Å². The molecule has 1 aliphatic rings. The first-order valence-corrected chi connectivity index (χ1v) is 9.93. The van der Waals surface area contributed by atoms with Crippen LogP contribution in [0.4, 0.5) is 5.69 Å². The van der Waals surface area contributed by atoms with E-state index in [1.807, 2.05) is 48.0 Å². The van der Waals surface area contributed by atoms with Crippen LogP contribution in [0.1, 0.15) is 41.9 Å². The van der Waals surface area contributed by atoms with Gasteiger partial charge >= 0.3 is 0 Å². The number of aryl methyl sites for hydroxylation is 1. The number of nitrogens with zero attached hydrogens (tertiary/aromatic N) is 5.